The van der Waals surface area contributed by atoms with Gasteiger partial charge in [-0.15, -0.1) is 12.4 Å². The van der Waals surface area contributed by atoms with Crippen LogP contribution in [0.25, 0.3) is 0 Å². The standard InChI is InChI=1S/C5H11NO2S.ClH/c6-3-4-1-2-9-5(4,7)8;/h4,7-8H,1-3,6H2;1H. The molecule has 0 radical (unpaired) electrons. The van der Waals surface area contributed by atoms with E-state index in [9.17, 15) is 0 Å². The van der Waals surface area contributed by atoms with Gasteiger partial charge in [-0.25, -0.2) is 0 Å². The van der Waals surface area contributed by atoms with Crippen molar-refractivity contribution in [3.8, 4) is 0 Å². The summed E-state index contributed by atoms with van der Waals surface area (Å²) in [6.45, 7) is 0.361. The molecule has 4 N–H and O–H groups in total. The van der Waals surface area contributed by atoms with Gasteiger partial charge in [-0.05, 0) is 12.2 Å². The van der Waals surface area contributed by atoms with Crippen molar-refractivity contribution < 1.29 is 10.2 Å². The van der Waals surface area contributed by atoms with Crippen molar-refractivity contribution in [3.05, 3.63) is 0 Å². The normalized spacial score (nSPS) is 29.7. The highest BCUT2D eigenvalue weighted by molar-refractivity contribution is 8.00. The summed E-state index contributed by atoms with van der Waals surface area (Å²) in [6.07, 6.45) is 0.814. The topological polar surface area (TPSA) is 66.5 Å². The molecule has 0 aliphatic carbocycles. The summed E-state index contributed by atoms with van der Waals surface area (Å²) in [5.41, 5.74) is 5.28. The van der Waals surface area contributed by atoms with Crippen molar-refractivity contribution in [1.82, 2.24) is 0 Å². The molecular formula is C5H12ClNO2S. The lowest BCUT2D eigenvalue weighted by Gasteiger charge is -2.20. The monoisotopic (exact) mass is 185 g/mol. The van der Waals surface area contributed by atoms with Gasteiger partial charge in [0.2, 0.25) is 5.12 Å². The van der Waals surface area contributed by atoms with Crippen molar-refractivity contribution in [1.29, 1.82) is 0 Å². The highest BCUT2D eigenvalue weighted by atomic mass is 35.5. The molecule has 0 aromatic rings. The van der Waals surface area contributed by atoms with Gasteiger partial charge in [0.15, 0.2) is 0 Å². The van der Waals surface area contributed by atoms with E-state index in [-0.39, 0.29) is 18.3 Å². The molecule has 0 aromatic heterocycles. The predicted molar refractivity (Wildman–Crippen MR) is 44.0 cm³/mol. The molecule has 0 amide bonds. The number of thioether (sulfide) groups is 1. The summed E-state index contributed by atoms with van der Waals surface area (Å²) < 4.78 is 0. The molecule has 0 bridgehead atoms. The summed E-state index contributed by atoms with van der Waals surface area (Å²) in [5, 5.41) is 16.6. The van der Waals surface area contributed by atoms with Gasteiger partial charge < -0.3 is 15.9 Å². The van der Waals surface area contributed by atoms with E-state index in [1.54, 1.807) is 0 Å². The second kappa shape index (κ2) is 3.78. The Balaban J connectivity index is 0.000000810. The second-order valence-electron chi connectivity index (χ2n) is 2.23. The molecule has 1 unspecified atom stereocenters. The predicted octanol–water partition coefficient (Wildman–Crippen LogP) is -0.242. The summed E-state index contributed by atoms with van der Waals surface area (Å²) >= 11 is 1.16. The molecule has 3 nitrogen and oxygen atoms in total. The van der Waals surface area contributed by atoms with Crippen molar-refractivity contribution in [2.45, 2.75) is 11.5 Å². The van der Waals surface area contributed by atoms with Crippen LogP contribution in [-0.2, 0) is 0 Å². The number of aliphatic hydroxyl groups is 2. The maximum Gasteiger partial charge on any atom is 0.217 e. The first-order chi connectivity index (χ1) is 4.17. The van der Waals surface area contributed by atoms with Gasteiger partial charge in [-0.1, -0.05) is 11.8 Å². The van der Waals surface area contributed by atoms with E-state index in [0.717, 1.165) is 23.9 Å². The first-order valence-electron chi connectivity index (χ1n) is 2.95. The van der Waals surface area contributed by atoms with Gasteiger partial charge >= 0.3 is 0 Å². The van der Waals surface area contributed by atoms with Gasteiger partial charge in [0.25, 0.3) is 0 Å². The van der Waals surface area contributed by atoms with Crippen molar-refractivity contribution >= 4 is 24.2 Å². The van der Waals surface area contributed by atoms with E-state index in [1.165, 1.54) is 0 Å². The fraction of sp³-hybridized carbons (Fsp3) is 1.00. The molecule has 62 valence electrons. The summed E-state index contributed by atoms with van der Waals surface area (Å²) in [5.74, 6) is 0.664. The first-order valence-corrected chi connectivity index (χ1v) is 3.94. The van der Waals surface area contributed by atoms with Crippen LogP contribution in [0.1, 0.15) is 6.42 Å². The number of rotatable bonds is 1. The summed E-state index contributed by atoms with van der Waals surface area (Å²) in [7, 11) is 0. The highest BCUT2D eigenvalue weighted by Gasteiger charge is 2.38. The van der Waals surface area contributed by atoms with E-state index in [2.05, 4.69) is 0 Å². The number of hydrogen-bond donors (Lipinski definition) is 3. The molecule has 1 aliphatic rings. The molecule has 10 heavy (non-hydrogen) atoms. The smallest absolute Gasteiger partial charge is 0.217 e. The largest absolute Gasteiger partial charge is 0.357 e. The average Bonchev–Trinajstić information content (AvgIpc) is 2.08. The zero-order valence-electron chi connectivity index (χ0n) is 5.49. The van der Waals surface area contributed by atoms with E-state index >= 15 is 0 Å². The Hall–Kier alpha value is 0.520. The van der Waals surface area contributed by atoms with Gasteiger partial charge in [0, 0.05) is 12.5 Å². The zero-order valence-corrected chi connectivity index (χ0v) is 7.12. The van der Waals surface area contributed by atoms with Crippen LogP contribution >= 0.6 is 24.2 Å². The minimum atomic E-state index is -1.55. The Morgan fingerprint density at radius 2 is 2.20 bits per heavy atom. The maximum absolute atomic E-state index is 9.09. The number of nitrogens with two attached hydrogens (primary N) is 1. The van der Waals surface area contributed by atoms with Crippen LogP contribution in [0.2, 0.25) is 0 Å². The molecule has 5 heteroatoms. The lowest BCUT2D eigenvalue weighted by atomic mass is 10.1. The average molecular weight is 186 g/mol. The van der Waals surface area contributed by atoms with Crippen LogP contribution in [0.4, 0.5) is 0 Å². The molecule has 1 rings (SSSR count). The molecular weight excluding hydrogens is 174 g/mol. The van der Waals surface area contributed by atoms with E-state index in [1.807, 2.05) is 0 Å². The fourth-order valence-corrected chi connectivity index (χ4v) is 2.08. The van der Waals surface area contributed by atoms with E-state index < -0.39 is 5.12 Å². The van der Waals surface area contributed by atoms with Crippen LogP contribution in [0.3, 0.4) is 0 Å². The Labute approximate surface area is 70.4 Å². The molecule has 0 spiro atoms. The highest BCUT2D eigenvalue weighted by Crippen LogP contribution is 2.37. The third kappa shape index (κ3) is 2.00. The van der Waals surface area contributed by atoms with E-state index in [0.29, 0.717) is 6.54 Å². The Morgan fingerprint density at radius 3 is 2.40 bits per heavy atom. The molecule has 1 fully saturated rings. The number of hydrogen-bond acceptors (Lipinski definition) is 4. The van der Waals surface area contributed by atoms with Crippen LogP contribution in [0, 0.1) is 5.92 Å². The van der Waals surface area contributed by atoms with E-state index in [4.69, 9.17) is 15.9 Å². The zero-order chi connectivity index (χ0) is 6.91. The second-order valence-corrected chi connectivity index (χ2v) is 3.53. The van der Waals surface area contributed by atoms with Gasteiger partial charge in [0.1, 0.15) is 0 Å². The third-order valence-electron chi connectivity index (χ3n) is 1.60. The summed E-state index contributed by atoms with van der Waals surface area (Å²) in [4.78, 5) is 0. The number of halogens is 1. The Bertz CT molecular complexity index is 112. The maximum atomic E-state index is 9.09. The molecule has 0 saturated carbocycles. The van der Waals surface area contributed by atoms with Crippen LogP contribution in [-0.4, -0.2) is 27.6 Å². The molecule has 1 atom stereocenters. The molecule has 1 heterocycles. The first kappa shape index (κ1) is 10.5. The van der Waals surface area contributed by atoms with Crippen LogP contribution < -0.4 is 5.73 Å². The van der Waals surface area contributed by atoms with Gasteiger partial charge in [-0.2, -0.15) is 0 Å². The SMILES string of the molecule is Cl.NCC1CCSC1(O)O. The minimum absolute atomic E-state index is 0. The quantitative estimate of drug-likeness (QED) is 0.494. The van der Waals surface area contributed by atoms with Gasteiger partial charge in [0.05, 0.1) is 0 Å². The molecule has 0 aromatic carbocycles. The Kier molecular flexibility index (Phi) is 3.98. The third-order valence-corrected chi connectivity index (χ3v) is 2.80. The van der Waals surface area contributed by atoms with Crippen molar-refractivity contribution in [2.75, 3.05) is 12.3 Å². The lowest BCUT2D eigenvalue weighted by molar-refractivity contribution is -0.110. The lowest BCUT2D eigenvalue weighted by Crippen LogP contribution is -2.34. The summed E-state index contributed by atoms with van der Waals surface area (Å²) in [6, 6.07) is 0. The Morgan fingerprint density at radius 1 is 1.60 bits per heavy atom. The fourth-order valence-electron chi connectivity index (χ4n) is 0.929. The van der Waals surface area contributed by atoms with Crippen molar-refractivity contribution in [2.24, 2.45) is 11.7 Å². The van der Waals surface area contributed by atoms with Crippen LogP contribution in [0.5, 0.6) is 0 Å². The van der Waals surface area contributed by atoms with Crippen LogP contribution in [0.15, 0.2) is 0 Å². The molecule has 1 aliphatic heterocycles. The minimum Gasteiger partial charge on any atom is -0.357 e. The molecule has 1 saturated heterocycles. The van der Waals surface area contributed by atoms with Gasteiger partial charge in [-0.3, -0.25) is 0 Å². The van der Waals surface area contributed by atoms with Crippen molar-refractivity contribution in [3.63, 3.8) is 0 Å².